The molecule has 0 unspecified atom stereocenters. The van der Waals surface area contributed by atoms with E-state index in [0.29, 0.717) is 5.82 Å². The fourth-order valence-electron chi connectivity index (χ4n) is 2.09. The second-order valence-corrected chi connectivity index (χ2v) is 3.97. The molecule has 0 spiro atoms. The minimum absolute atomic E-state index is 0.579. The van der Waals surface area contributed by atoms with Crippen molar-refractivity contribution >= 4 is 16.6 Å². The van der Waals surface area contributed by atoms with Crippen LogP contribution in [0, 0.1) is 0 Å². The first kappa shape index (κ1) is 9.85. The summed E-state index contributed by atoms with van der Waals surface area (Å²) >= 11 is 0. The summed E-state index contributed by atoms with van der Waals surface area (Å²) < 4.78 is 0. The number of rotatable bonds is 1. The third-order valence-electron chi connectivity index (χ3n) is 2.89. The van der Waals surface area contributed by atoms with E-state index in [0.717, 1.165) is 21.9 Å². The molecular formula is C15H12N2. The van der Waals surface area contributed by atoms with Gasteiger partial charge < -0.3 is 5.73 Å². The molecule has 2 N–H and O–H groups in total. The van der Waals surface area contributed by atoms with Crippen LogP contribution >= 0.6 is 0 Å². The highest BCUT2D eigenvalue weighted by Crippen LogP contribution is 2.31. The average molecular weight is 220 g/mol. The van der Waals surface area contributed by atoms with Crippen molar-refractivity contribution in [3.63, 3.8) is 0 Å². The summed E-state index contributed by atoms with van der Waals surface area (Å²) in [5, 5.41) is 2.26. The van der Waals surface area contributed by atoms with Gasteiger partial charge in [-0.2, -0.15) is 0 Å². The van der Waals surface area contributed by atoms with Crippen LogP contribution < -0.4 is 5.73 Å². The third-order valence-corrected chi connectivity index (χ3v) is 2.89. The van der Waals surface area contributed by atoms with Gasteiger partial charge in [-0.05, 0) is 10.9 Å². The summed E-state index contributed by atoms with van der Waals surface area (Å²) in [4.78, 5) is 4.26. The van der Waals surface area contributed by atoms with Gasteiger partial charge in [-0.1, -0.05) is 54.6 Å². The maximum Gasteiger partial charge on any atom is 0.131 e. The van der Waals surface area contributed by atoms with E-state index in [1.54, 1.807) is 0 Å². The van der Waals surface area contributed by atoms with Gasteiger partial charge >= 0.3 is 0 Å². The molecule has 0 bridgehead atoms. The molecule has 82 valence electrons. The normalized spacial score (nSPS) is 10.6. The highest BCUT2D eigenvalue weighted by molar-refractivity contribution is 6.00. The van der Waals surface area contributed by atoms with Crippen molar-refractivity contribution < 1.29 is 0 Å². The lowest BCUT2D eigenvalue weighted by Crippen LogP contribution is -1.94. The zero-order valence-corrected chi connectivity index (χ0v) is 9.30. The van der Waals surface area contributed by atoms with Crippen LogP contribution in [0.15, 0.2) is 60.8 Å². The van der Waals surface area contributed by atoms with Gasteiger partial charge in [0.1, 0.15) is 5.82 Å². The number of fused-ring (bicyclic) bond motifs is 1. The standard InChI is InChI=1S/C15H12N2/c16-15-14(11-6-2-1-3-7-11)13-9-5-4-8-12(13)10-17-15/h1-10H,(H2,16,17). The predicted octanol–water partition coefficient (Wildman–Crippen LogP) is 3.48. The Kier molecular flexibility index (Phi) is 2.26. The molecule has 0 saturated carbocycles. The summed E-state index contributed by atoms with van der Waals surface area (Å²) in [6.45, 7) is 0. The number of hydrogen-bond acceptors (Lipinski definition) is 2. The van der Waals surface area contributed by atoms with Crippen LogP contribution in [0.5, 0.6) is 0 Å². The molecule has 0 atom stereocenters. The molecule has 3 aromatic rings. The van der Waals surface area contributed by atoms with Crippen LogP contribution in [0.25, 0.3) is 21.9 Å². The number of nitrogens with two attached hydrogens (primary N) is 1. The van der Waals surface area contributed by atoms with E-state index in [1.165, 1.54) is 0 Å². The topological polar surface area (TPSA) is 38.9 Å². The number of nitrogen functional groups attached to an aromatic ring is 1. The van der Waals surface area contributed by atoms with Crippen molar-refractivity contribution in [3.8, 4) is 11.1 Å². The molecule has 0 amide bonds. The molecule has 0 aliphatic rings. The Bertz CT molecular complexity index is 660. The fourth-order valence-corrected chi connectivity index (χ4v) is 2.09. The number of pyridine rings is 1. The van der Waals surface area contributed by atoms with E-state index in [2.05, 4.69) is 23.2 Å². The predicted molar refractivity (Wildman–Crippen MR) is 71.6 cm³/mol. The van der Waals surface area contributed by atoms with Crippen LogP contribution in [0.3, 0.4) is 0 Å². The monoisotopic (exact) mass is 220 g/mol. The second kappa shape index (κ2) is 3.91. The van der Waals surface area contributed by atoms with Gasteiger partial charge in [0.2, 0.25) is 0 Å². The second-order valence-electron chi connectivity index (χ2n) is 3.97. The first-order chi connectivity index (χ1) is 8.36. The van der Waals surface area contributed by atoms with E-state index >= 15 is 0 Å². The molecule has 1 aromatic heterocycles. The third kappa shape index (κ3) is 1.64. The molecule has 0 saturated heterocycles. The maximum atomic E-state index is 6.01. The smallest absolute Gasteiger partial charge is 0.131 e. The van der Waals surface area contributed by atoms with Gasteiger partial charge in [0.05, 0.1) is 0 Å². The van der Waals surface area contributed by atoms with Crippen molar-refractivity contribution in [1.82, 2.24) is 4.98 Å². The van der Waals surface area contributed by atoms with Crippen molar-refractivity contribution in [2.75, 3.05) is 5.73 Å². The van der Waals surface area contributed by atoms with Gasteiger partial charge in [0, 0.05) is 17.1 Å². The molecule has 0 aliphatic carbocycles. The van der Waals surface area contributed by atoms with Gasteiger partial charge in [-0.25, -0.2) is 4.98 Å². The molecule has 2 heteroatoms. The van der Waals surface area contributed by atoms with Crippen molar-refractivity contribution in [2.45, 2.75) is 0 Å². The Hall–Kier alpha value is -2.35. The average Bonchev–Trinajstić information content (AvgIpc) is 2.39. The summed E-state index contributed by atoms with van der Waals surface area (Å²) in [5.74, 6) is 0.579. The highest BCUT2D eigenvalue weighted by atomic mass is 14.8. The minimum atomic E-state index is 0.579. The lowest BCUT2D eigenvalue weighted by atomic mass is 10.00. The molecule has 17 heavy (non-hydrogen) atoms. The molecule has 0 fully saturated rings. The Balaban J connectivity index is 2.39. The SMILES string of the molecule is Nc1ncc2ccccc2c1-c1ccccc1. The zero-order chi connectivity index (χ0) is 11.7. The number of benzene rings is 2. The Morgan fingerprint density at radius 2 is 1.53 bits per heavy atom. The number of nitrogens with zero attached hydrogens (tertiary/aromatic N) is 1. The molecular weight excluding hydrogens is 208 g/mol. The van der Waals surface area contributed by atoms with Gasteiger partial charge in [0.15, 0.2) is 0 Å². The fraction of sp³-hybridized carbons (Fsp3) is 0. The number of aromatic nitrogens is 1. The number of anilines is 1. The van der Waals surface area contributed by atoms with Crippen molar-refractivity contribution in [3.05, 3.63) is 60.8 Å². The summed E-state index contributed by atoms with van der Waals surface area (Å²) in [7, 11) is 0. The van der Waals surface area contributed by atoms with Gasteiger partial charge in [-0.3, -0.25) is 0 Å². The Labute approximate surface area is 99.7 Å². The van der Waals surface area contributed by atoms with Crippen molar-refractivity contribution in [2.24, 2.45) is 0 Å². The quantitative estimate of drug-likeness (QED) is 0.681. The Morgan fingerprint density at radius 1 is 0.824 bits per heavy atom. The van der Waals surface area contributed by atoms with E-state index in [1.807, 2.05) is 42.6 Å². The van der Waals surface area contributed by atoms with Crippen LogP contribution in [-0.2, 0) is 0 Å². The minimum Gasteiger partial charge on any atom is -0.383 e. The van der Waals surface area contributed by atoms with E-state index in [9.17, 15) is 0 Å². The highest BCUT2D eigenvalue weighted by Gasteiger charge is 2.07. The summed E-state index contributed by atoms with van der Waals surface area (Å²) in [6, 6.07) is 18.3. The van der Waals surface area contributed by atoms with Crippen molar-refractivity contribution in [1.29, 1.82) is 0 Å². The van der Waals surface area contributed by atoms with Gasteiger partial charge in [0.25, 0.3) is 0 Å². The zero-order valence-electron chi connectivity index (χ0n) is 9.30. The largest absolute Gasteiger partial charge is 0.383 e. The lowest BCUT2D eigenvalue weighted by Gasteiger charge is -2.09. The Morgan fingerprint density at radius 3 is 2.35 bits per heavy atom. The molecule has 2 nitrogen and oxygen atoms in total. The molecule has 0 aliphatic heterocycles. The summed E-state index contributed by atoms with van der Waals surface area (Å²) in [6.07, 6.45) is 1.82. The van der Waals surface area contributed by atoms with Crippen LogP contribution in [0.4, 0.5) is 5.82 Å². The van der Waals surface area contributed by atoms with E-state index < -0.39 is 0 Å². The summed E-state index contributed by atoms with van der Waals surface area (Å²) in [5.41, 5.74) is 8.13. The number of hydrogen-bond donors (Lipinski definition) is 1. The maximum absolute atomic E-state index is 6.01. The molecule has 0 radical (unpaired) electrons. The molecule has 2 aromatic carbocycles. The van der Waals surface area contributed by atoms with E-state index in [-0.39, 0.29) is 0 Å². The first-order valence-electron chi connectivity index (χ1n) is 5.55. The first-order valence-corrected chi connectivity index (χ1v) is 5.55. The van der Waals surface area contributed by atoms with Crippen LogP contribution in [0.1, 0.15) is 0 Å². The van der Waals surface area contributed by atoms with Crippen LogP contribution in [-0.4, -0.2) is 4.98 Å². The van der Waals surface area contributed by atoms with Gasteiger partial charge in [-0.15, -0.1) is 0 Å². The lowest BCUT2D eigenvalue weighted by molar-refractivity contribution is 1.37. The van der Waals surface area contributed by atoms with Crippen LogP contribution in [0.2, 0.25) is 0 Å². The molecule has 3 rings (SSSR count). The molecule has 1 heterocycles. The van der Waals surface area contributed by atoms with E-state index in [4.69, 9.17) is 5.73 Å².